The molecule has 1 fully saturated rings. The molecule has 3 heterocycles. The topological polar surface area (TPSA) is 84.6 Å². The third-order valence-electron chi connectivity index (χ3n) is 5.25. The highest BCUT2D eigenvalue weighted by Crippen LogP contribution is 2.36. The lowest BCUT2D eigenvalue weighted by Gasteiger charge is -2.32. The van der Waals surface area contributed by atoms with Crippen LogP contribution in [0.5, 0.6) is 5.75 Å². The van der Waals surface area contributed by atoms with Gasteiger partial charge in [0.15, 0.2) is 5.13 Å². The van der Waals surface area contributed by atoms with Crippen LogP contribution in [0.2, 0.25) is 0 Å². The van der Waals surface area contributed by atoms with Crippen molar-refractivity contribution in [3.05, 3.63) is 45.4 Å². The lowest BCUT2D eigenvalue weighted by molar-refractivity contribution is 0.1000. The van der Waals surface area contributed by atoms with Crippen molar-refractivity contribution in [3.8, 4) is 16.3 Å². The van der Waals surface area contributed by atoms with E-state index in [4.69, 9.17) is 20.4 Å². The number of amides is 1. The highest BCUT2D eigenvalue weighted by Gasteiger charge is 2.20. The van der Waals surface area contributed by atoms with Gasteiger partial charge in [-0.1, -0.05) is 11.3 Å². The number of hydrogen-bond acceptors (Lipinski definition) is 8. The Hall–Kier alpha value is -2.49. The Morgan fingerprint density at radius 2 is 2.00 bits per heavy atom. The molecule has 1 aromatic carbocycles. The van der Waals surface area contributed by atoms with Gasteiger partial charge in [0, 0.05) is 49.1 Å². The summed E-state index contributed by atoms with van der Waals surface area (Å²) >= 11 is 3.31. The Bertz CT molecular complexity index is 1050. The van der Waals surface area contributed by atoms with Gasteiger partial charge in [-0.3, -0.25) is 4.79 Å². The van der Waals surface area contributed by atoms with Crippen molar-refractivity contribution in [2.24, 2.45) is 5.73 Å². The summed E-state index contributed by atoms with van der Waals surface area (Å²) in [5.74, 6) is 0.276. The first-order chi connectivity index (χ1) is 14.4. The van der Waals surface area contributed by atoms with E-state index in [0.29, 0.717) is 12.0 Å². The average molecular weight is 444 g/mol. The summed E-state index contributed by atoms with van der Waals surface area (Å²) in [7, 11) is 3.78. The van der Waals surface area contributed by atoms with Gasteiger partial charge in [-0.05, 0) is 32.2 Å². The van der Waals surface area contributed by atoms with E-state index in [1.807, 2.05) is 6.92 Å². The molecule has 0 atom stereocenters. The number of hydrogen-bond donors (Lipinski definition) is 1. The van der Waals surface area contributed by atoms with Crippen LogP contribution in [0.3, 0.4) is 0 Å². The maximum atomic E-state index is 11.5. The molecule has 2 N–H and O–H groups in total. The summed E-state index contributed by atoms with van der Waals surface area (Å²) in [5, 5.41) is 4.11. The molecule has 4 rings (SSSR count). The van der Waals surface area contributed by atoms with E-state index >= 15 is 0 Å². The first-order valence-corrected chi connectivity index (χ1v) is 11.5. The predicted molar refractivity (Wildman–Crippen MR) is 122 cm³/mol. The first-order valence-electron chi connectivity index (χ1n) is 9.77. The fourth-order valence-electron chi connectivity index (χ4n) is 3.48. The van der Waals surface area contributed by atoms with Crippen LogP contribution in [-0.2, 0) is 6.42 Å². The van der Waals surface area contributed by atoms with Crippen LogP contribution >= 0.6 is 22.7 Å². The molecular formula is C21H25N5O2S2. The first kappa shape index (κ1) is 20.8. The fraction of sp³-hybridized carbons (Fsp3) is 0.381. The Balaban J connectivity index is 1.55. The number of primary amides is 1. The van der Waals surface area contributed by atoms with Crippen molar-refractivity contribution in [1.29, 1.82) is 0 Å². The summed E-state index contributed by atoms with van der Waals surface area (Å²) in [6, 6.07) is 5.24. The van der Waals surface area contributed by atoms with Crippen LogP contribution in [0.1, 0.15) is 26.6 Å². The fourth-order valence-corrected chi connectivity index (χ4v) is 5.44. The number of aromatic nitrogens is 2. The van der Waals surface area contributed by atoms with E-state index in [9.17, 15) is 4.79 Å². The van der Waals surface area contributed by atoms with E-state index in [1.54, 1.807) is 48.0 Å². The standard InChI is InChI=1S/C21H25N5O2S2/c1-13-19(30-21(23-13)26-8-6-25(2)7-9-26)16-12-29-18(24-16)11-15-10-14(20(22)27)4-5-17(15)28-3/h4-5,10,12H,6-9,11H2,1-3H3,(H2,22,27). The van der Waals surface area contributed by atoms with Gasteiger partial charge in [-0.25, -0.2) is 9.97 Å². The van der Waals surface area contributed by atoms with Crippen LogP contribution in [0.4, 0.5) is 5.13 Å². The van der Waals surface area contributed by atoms with E-state index in [0.717, 1.165) is 63.9 Å². The molecule has 30 heavy (non-hydrogen) atoms. The van der Waals surface area contributed by atoms with E-state index in [-0.39, 0.29) is 0 Å². The zero-order valence-electron chi connectivity index (χ0n) is 17.3. The second kappa shape index (κ2) is 8.71. The quantitative estimate of drug-likeness (QED) is 0.630. The summed E-state index contributed by atoms with van der Waals surface area (Å²) in [4.78, 5) is 27.0. The molecule has 1 aliphatic heterocycles. The summed E-state index contributed by atoms with van der Waals surface area (Å²) in [5.41, 5.74) is 8.77. The van der Waals surface area contributed by atoms with Gasteiger partial charge in [0.05, 0.1) is 28.4 Å². The molecule has 0 aliphatic carbocycles. The molecule has 7 nitrogen and oxygen atoms in total. The number of anilines is 1. The van der Waals surface area contributed by atoms with Crippen molar-refractivity contribution >= 4 is 33.7 Å². The van der Waals surface area contributed by atoms with Gasteiger partial charge in [0.25, 0.3) is 0 Å². The Labute approximate surface area is 184 Å². The lowest BCUT2D eigenvalue weighted by atomic mass is 10.1. The molecule has 1 amide bonds. The van der Waals surface area contributed by atoms with Crippen LogP contribution < -0.4 is 15.4 Å². The molecule has 0 unspecified atom stereocenters. The van der Waals surface area contributed by atoms with Crippen LogP contribution in [0.15, 0.2) is 23.6 Å². The number of carbonyl (C=O) groups is 1. The van der Waals surface area contributed by atoms with Gasteiger partial charge in [0.2, 0.25) is 5.91 Å². The highest BCUT2D eigenvalue weighted by molar-refractivity contribution is 7.19. The zero-order valence-corrected chi connectivity index (χ0v) is 19.0. The number of ether oxygens (including phenoxy) is 1. The van der Waals surface area contributed by atoms with Crippen molar-refractivity contribution in [2.75, 3.05) is 45.2 Å². The van der Waals surface area contributed by atoms with Crippen molar-refractivity contribution < 1.29 is 9.53 Å². The highest BCUT2D eigenvalue weighted by atomic mass is 32.1. The minimum atomic E-state index is -0.449. The van der Waals surface area contributed by atoms with Crippen molar-refractivity contribution in [2.45, 2.75) is 13.3 Å². The normalized spacial score (nSPS) is 14.8. The number of thiazole rings is 2. The summed E-state index contributed by atoms with van der Waals surface area (Å²) < 4.78 is 5.45. The van der Waals surface area contributed by atoms with Crippen molar-refractivity contribution in [1.82, 2.24) is 14.9 Å². The number of methoxy groups -OCH3 is 1. The maximum Gasteiger partial charge on any atom is 0.248 e. The number of benzene rings is 1. The molecule has 0 saturated carbocycles. The minimum absolute atomic E-state index is 0.449. The van der Waals surface area contributed by atoms with E-state index < -0.39 is 5.91 Å². The Morgan fingerprint density at radius 3 is 2.70 bits per heavy atom. The molecule has 2 aromatic heterocycles. The number of nitrogens with zero attached hydrogens (tertiary/aromatic N) is 4. The number of rotatable bonds is 6. The minimum Gasteiger partial charge on any atom is -0.496 e. The second-order valence-corrected chi connectivity index (χ2v) is 9.32. The Kier molecular flexibility index (Phi) is 6.03. The molecule has 158 valence electrons. The van der Waals surface area contributed by atoms with Crippen LogP contribution in [0, 0.1) is 6.92 Å². The third-order valence-corrected chi connectivity index (χ3v) is 7.34. The van der Waals surface area contributed by atoms with Gasteiger partial charge in [-0.2, -0.15) is 0 Å². The largest absolute Gasteiger partial charge is 0.496 e. The molecule has 1 aliphatic rings. The van der Waals surface area contributed by atoms with Crippen molar-refractivity contribution in [3.63, 3.8) is 0 Å². The predicted octanol–water partition coefficient (Wildman–Crippen LogP) is 3.03. The van der Waals surface area contributed by atoms with E-state index in [1.165, 1.54) is 0 Å². The van der Waals surface area contributed by atoms with Gasteiger partial charge < -0.3 is 20.3 Å². The molecule has 0 spiro atoms. The smallest absolute Gasteiger partial charge is 0.248 e. The van der Waals surface area contributed by atoms with Gasteiger partial charge >= 0.3 is 0 Å². The second-order valence-electron chi connectivity index (χ2n) is 7.40. The number of piperazine rings is 1. The average Bonchev–Trinajstić information content (AvgIpc) is 3.34. The van der Waals surface area contributed by atoms with Gasteiger partial charge in [-0.15, -0.1) is 11.3 Å². The number of carbonyl (C=O) groups excluding carboxylic acids is 1. The third kappa shape index (κ3) is 4.33. The molecule has 3 aromatic rings. The van der Waals surface area contributed by atoms with Crippen LogP contribution in [0.25, 0.3) is 10.6 Å². The number of nitrogens with two attached hydrogens (primary N) is 1. The maximum absolute atomic E-state index is 11.5. The molecule has 1 saturated heterocycles. The van der Waals surface area contributed by atoms with Crippen LogP contribution in [-0.4, -0.2) is 61.1 Å². The van der Waals surface area contributed by atoms with Gasteiger partial charge in [0.1, 0.15) is 5.75 Å². The lowest BCUT2D eigenvalue weighted by Crippen LogP contribution is -2.44. The summed E-state index contributed by atoms with van der Waals surface area (Å²) in [6.07, 6.45) is 0.581. The zero-order chi connectivity index (χ0) is 21.3. The summed E-state index contributed by atoms with van der Waals surface area (Å²) in [6.45, 7) is 6.16. The molecular weight excluding hydrogens is 418 g/mol. The van der Waals surface area contributed by atoms with E-state index in [2.05, 4.69) is 22.2 Å². The SMILES string of the molecule is COc1ccc(C(N)=O)cc1Cc1nc(-c2sc(N3CCN(C)CC3)nc2C)cs1. The molecule has 0 radical (unpaired) electrons. The molecule has 9 heteroatoms. The monoisotopic (exact) mass is 443 g/mol. The number of likely N-dealkylation sites (N-methyl/N-ethyl adjacent to an activating group) is 1. The number of aryl methyl sites for hydroxylation is 1. The molecule has 0 bridgehead atoms. The Morgan fingerprint density at radius 1 is 1.23 bits per heavy atom.